The predicted molar refractivity (Wildman–Crippen MR) is 77.4 cm³/mol. The summed E-state index contributed by atoms with van der Waals surface area (Å²) < 4.78 is 0. The highest BCUT2D eigenvalue weighted by Gasteiger charge is 1.96. The van der Waals surface area contributed by atoms with E-state index in [0.717, 1.165) is 5.92 Å². The second-order valence-electron chi connectivity index (χ2n) is 5.69. The monoisotopic (exact) mass is 232 g/mol. The maximum atomic E-state index is 2.32. The van der Waals surface area contributed by atoms with Gasteiger partial charge >= 0.3 is 0 Å². The van der Waals surface area contributed by atoms with E-state index in [1.165, 1.54) is 56.1 Å². The standard InChI is InChI=1S/C17H28/c1-15(2)9-7-5-4-6-8-10-17-13-11-16(3)12-14-17/h11-15H,4-10H2,1-3H3. The van der Waals surface area contributed by atoms with Gasteiger partial charge < -0.3 is 0 Å². The summed E-state index contributed by atoms with van der Waals surface area (Å²) in [4.78, 5) is 0. The number of hydrogen-bond donors (Lipinski definition) is 0. The Kier molecular flexibility index (Phi) is 7.00. The fourth-order valence-electron chi connectivity index (χ4n) is 2.17. The Morgan fingerprint density at radius 1 is 0.824 bits per heavy atom. The van der Waals surface area contributed by atoms with Gasteiger partial charge in [0, 0.05) is 0 Å². The van der Waals surface area contributed by atoms with E-state index in [9.17, 15) is 0 Å². The molecule has 0 fully saturated rings. The SMILES string of the molecule is Cc1ccc(CCCCCCCC(C)C)cc1. The molecule has 0 heteroatoms. The fourth-order valence-corrected chi connectivity index (χ4v) is 2.17. The molecule has 0 aromatic heterocycles. The molecule has 1 aromatic rings. The Labute approximate surface area is 107 Å². The van der Waals surface area contributed by atoms with Crippen molar-refractivity contribution in [1.82, 2.24) is 0 Å². The first-order valence-electron chi connectivity index (χ1n) is 7.24. The molecule has 1 rings (SSSR count). The molecular weight excluding hydrogens is 204 g/mol. The molecule has 0 unspecified atom stereocenters. The summed E-state index contributed by atoms with van der Waals surface area (Å²) in [7, 11) is 0. The second-order valence-corrected chi connectivity index (χ2v) is 5.69. The third-order valence-corrected chi connectivity index (χ3v) is 3.37. The van der Waals surface area contributed by atoms with Crippen LogP contribution in [-0.4, -0.2) is 0 Å². The summed E-state index contributed by atoms with van der Waals surface area (Å²) in [6.45, 7) is 6.79. The lowest BCUT2D eigenvalue weighted by atomic mass is 10.0. The van der Waals surface area contributed by atoms with Crippen molar-refractivity contribution >= 4 is 0 Å². The summed E-state index contributed by atoms with van der Waals surface area (Å²) in [5.41, 5.74) is 2.86. The molecule has 0 nitrogen and oxygen atoms in total. The highest BCUT2D eigenvalue weighted by atomic mass is 14.0. The van der Waals surface area contributed by atoms with Crippen LogP contribution in [0.1, 0.15) is 63.5 Å². The van der Waals surface area contributed by atoms with Crippen molar-refractivity contribution in [2.24, 2.45) is 5.92 Å². The van der Waals surface area contributed by atoms with E-state index in [-0.39, 0.29) is 0 Å². The van der Waals surface area contributed by atoms with Gasteiger partial charge in [0.25, 0.3) is 0 Å². The van der Waals surface area contributed by atoms with Crippen LogP contribution in [0.15, 0.2) is 24.3 Å². The molecule has 96 valence electrons. The number of hydrogen-bond acceptors (Lipinski definition) is 0. The average Bonchev–Trinajstić information content (AvgIpc) is 2.30. The minimum Gasteiger partial charge on any atom is -0.0628 e. The van der Waals surface area contributed by atoms with Crippen LogP contribution >= 0.6 is 0 Å². The molecular formula is C17H28. The van der Waals surface area contributed by atoms with Crippen LogP contribution in [0.2, 0.25) is 0 Å². The van der Waals surface area contributed by atoms with E-state index >= 15 is 0 Å². The lowest BCUT2D eigenvalue weighted by Gasteiger charge is -2.05. The maximum Gasteiger partial charge on any atom is -0.0279 e. The summed E-state index contributed by atoms with van der Waals surface area (Å²) in [5.74, 6) is 0.877. The third-order valence-electron chi connectivity index (χ3n) is 3.37. The number of rotatable bonds is 8. The van der Waals surface area contributed by atoms with E-state index in [4.69, 9.17) is 0 Å². The van der Waals surface area contributed by atoms with Crippen molar-refractivity contribution in [3.63, 3.8) is 0 Å². The number of unbranched alkanes of at least 4 members (excludes halogenated alkanes) is 4. The van der Waals surface area contributed by atoms with Gasteiger partial charge in [-0.05, 0) is 31.2 Å². The van der Waals surface area contributed by atoms with Gasteiger partial charge in [-0.2, -0.15) is 0 Å². The van der Waals surface area contributed by atoms with Crippen molar-refractivity contribution in [3.05, 3.63) is 35.4 Å². The predicted octanol–water partition coefficient (Wildman–Crippen LogP) is 5.53. The zero-order valence-corrected chi connectivity index (χ0v) is 11.8. The van der Waals surface area contributed by atoms with Crippen LogP contribution < -0.4 is 0 Å². The minimum atomic E-state index is 0.877. The van der Waals surface area contributed by atoms with Gasteiger partial charge in [-0.15, -0.1) is 0 Å². The van der Waals surface area contributed by atoms with Crippen molar-refractivity contribution in [2.75, 3.05) is 0 Å². The molecule has 0 saturated carbocycles. The highest BCUT2D eigenvalue weighted by Crippen LogP contribution is 2.12. The lowest BCUT2D eigenvalue weighted by molar-refractivity contribution is 0.515. The number of aryl methyl sites for hydroxylation is 2. The molecule has 0 spiro atoms. The van der Waals surface area contributed by atoms with Crippen molar-refractivity contribution in [1.29, 1.82) is 0 Å². The molecule has 0 radical (unpaired) electrons. The van der Waals surface area contributed by atoms with Crippen LogP contribution in [0.5, 0.6) is 0 Å². The lowest BCUT2D eigenvalue weighted by Crippen LogP contribution is -1.89. The van der Waals surface area contributed by atoms with Gasteiger partial charge in [0.2, 0.25) is 0 Å². The van der Waals surface area contributed by atoms with Crippen molar-refractivity contribution in [3.8, 4) is 0 Å². The minimum absolute atomic E-state index is 0.877. The Hall–Kier alpha value is -0.780. The van der Waals surface area contributed by atoms with Crippen LogP contribution in [0, 0.1) is 12.8 Å². The van der Waals surface area contributed by atoms with E-state index in [2.05, 4.69) is 45.0 Å². The van der Waals surface area contributed by atoms with Crippen LogP contribution in [0.25, 0.3) is 0 Å². The molecule has 0 amide bonds. The molecule has 0 saturated heterocycles. The first kappa shape index (κ1) is 14.3. The van der Waals surface area contributed by atoms with Gasteiger partial charge in [0.1, 0.15) is 0 Å². The van der Waals surface area contributed by atoms with Crippen LogP contribution in [0.4, 0.5) is 0 Å². The summed E-state index contributed by atoms with van der Waals surface area (Å²) in [6, 6.07) is 8.98. The average molecular weight is 232 g/mol. The molecule has 1 aromatic carbocycles. The number of benzene rings is 1. The normalized spacial score (nSPS) is 11.1. The summed E-state index contributed by atoms with van der Waals surface area (Å²) in [6.07, 6.45) is 9.66. The molecule has 0 aliphatic rings. The van der Waals surface area contributed by atoms with Crippen LogP contribution in [0.3, 0.4) is 0 Å². The molecule has 0 aliphatic carbocycles. The molecule has 0 aliphatic heterocycles. The van der Waals surface area contributed by atoms with Crippen molar-refractivity contribution in [2.45, 2.75) is 65.7 Å². The first-order valence-corrected chi connectivity index (χ1v) is 7.24. The fraction of sp³-hybridized carbons (Fsp3) is 0.647. The van der Waals surface area contributed by atoms with E-state index in [0.29, 0.717) is 0 Å². The molecule has 0 bridgehead atoms. The Bertz CT molecular complexity index is 281. The molecule has 0 atom stereocenters. The first-order chi connectivity index (χ1) is 8.18. The van der Waals surface area contributed by atoms with E-state index < -0.39 is 0 Å². The zero-order chi connectivity index (χ0) is 12.5. The smallest absolute Gasteiger partial charge is 0.0279 e. The maximum absolute atomic E-state index is 2.32. The third kappa shape index (κ3) is 7.20. The Morgan fingerprint density at radius 3 is 2.06 bits per heavy atom. The Balaban J connectivity index is 1.99. The van der Waals surface area contributed by atoms with Gasteiger partial charge in [0.15, 0.2) is 0 Å². The highest BCUT2D eigenvalue weighted by molar-refractivity contribution is 5.21. The van der Waals surface area contributed by atoms with Crippen molar-refractivity contribution < 1.29 is 0 Å². The van der Waals surface area contributed by atoms with Crippen LogP contribution in [-0.2, 0) is 6.42 Å². The molecule has 0 N–H and O–H groups in total. The topological polar surface area (TPSA) is 0 Å². The van der Waals surface area contributed by atoms with Gasteiger partial charge in [-0.25, -0.2) is 0 Å². The van der Waals surface area contributed by atoms with Gasteiger partial charge in [-0.1, -0.05) is 75.8 Å². The zero-order valence-electron chi connectivity index (χ0n) is 11.8. The summed E-state index contributed by atoms with van der Waals surface area (Å²) in [5, 5.41) is 0. The quantitative estimate of drug-likeness (QED) is 0.517. The Morgan fingerprint density at radius 2 is 1.41 bits per heavy atom. The van der Waals surface area contributed by atoms with E-state index in [1.54, 1.807) is 0 Å². The second kappa shape index (κ2) is 8.33. The van der Waals surface area contributed by atoms with E-state index in [1.807, 2.05) is 0 Å². The van der Waals surface area contributed by atoms with Gasteiger partial charge in [-0.3, -0.25) is 0 Å². The van der Waals surface area contributed by atoms with Gasteiger partial charge in [0.05, 0.1) is 0 Å². The summed E-state index contributed by atoms with van der Waals surface area (Å²) >= 11 is 0. The molecule has 0 heterocycles. The largest absolute Gasteiger partial charge is 0.0628 e. The molecule has 17 heavy (non-hydrogen) atoms.